The van der Waals surface area contributed by atoms with Crippen LogP contribution in [-0.4, -0.2) is 20.0 Å². The smallest absolute Gasteiger partial charge is 0.200 e. The van der Waals surface area contributed by atoms with Gasteiger partial charge in [-0.25, -0.2) is 0 Å². The summed E-state index contributed by atoms with van der Waals surface area (Å²) in [5.74, 6) is 0. The van der Waals surface area contributed by atoms with Crippen LogP contribution in [0.25, 0.3) is 0 Å². The Kier molecular flexibility index (Phi) is 6.92. The average molecular weight is 315 g/mol. The van der Waals surface area contributed by atoms with E-state index in [2.05, 4.69) is 53.0 Å². The minimum Gasteiger partial charge on any atom is -0.411 e. The number of aliphatic hydroxyl groups excluding tert-OH is 1. The van der Waals surface area contributed by atoms with Gasteiger partial charge in [-0.1, -0.05) is 41.5 Å². The molecule has 0 atom stereocenters. The molecule has 0 fully saturated rings. The molecule has 20 heavy (non-hydrogen) atoms. The zero-order chi connectivity index (χ0) is 15.3. The van der Waals surface area contributed by atoms with Crippen molar-refractivity contribution >= 4 is 19.7 Å². The molecule has 1 aromatic rings. The van der Waals surface area contributed by atoms with E-state index >= 15 is 0 Å². The van der Waals surface area contributed by atoms with Crippen LogP contribution in [0.4, 0.5) is 0 Å². The van der Waals surface area contributed by atoms with Crippen molar-refractivity contribution in [1.29, 1.82) is 0 Å². The number of hydrogen-bond donors (Lipinski definition) is 1. The van der Waals surface area contributed by atoms with Gasteiger partial charge in [-0.15, -0.1) is 11.3 Å². The van der Waals surface area contributed by atoms with Gasteiger partial charge in [-0.05, 0) is 40.1 Å². The van der Waals surface area contributed by atoms with E-state index in [9.17, 15) is 0 Å². The van der Waals surface area contributed by atoms with Crippen molar-refractivity contribution in [3.8, 4) is 0 Å². The lowest BCUT2D eigenvalue weighted by molar-refractivity contribution is 0.268. The standard InChI is InChI=1S/C16H30O2SSi/c1-12(2)20(13(3)4,14(5)6)18-10-16-9-15(7-8-17)11-19-16/h9,11-14,17H,7-8,10H2,1-6H3. The van der Waals surface area contributed by atoms with Gasteiger partial charge in [0.1, 0.15) is 0 Å². The van der Waals surface area contributed by atoms with Gasteiger partial charge in [0.2, 0.25) is 8.32 Å². The Bertz CT molecular complexity index is 377. The molecule has 1 N–H and O–H groups in total. The second-order valence-corrected chi connectivity index (χ2v) is 13.0. The van der Waals surface area contributed by atoms with Crippen LogP contribution in [0, 0.1) is 0 Å². The third kappa shape index (κ3) is 3.94. The predicted molar refractivity (Wildman–Crippen MR) is 90.9 cm³/mol. The third-order valence-corrected chi connectivity index (χ3v) is 11.3. The highest BCUT2D eigenvalue weighted by atomic mass is 32.1. The van der Waals surface area contributed by atoms with Crippen molar-refractivity contribution in [2.45, 2.75) is 71.2 Å². The summed E-state index contributed by atoms with van der Waals surface area (Å²) in [6.07, 6.45) is 0.748. The Morgan fingerprint density at radius 2 is 1.65 bits per heavy atom. The van der Waals surface area contributed by atoms with Crippen LogP contribution in [-0.2, 0) is 17.5 Å². The van der Waals surface area contributed by atoms with Crippen molar-refractivity contribution in [3.05, 3.63) is 21.9 Å². The fourth-order valence-corrected chi connectivity index (χ4v) is 9.80. The van der Waals surface area contributed by atoms with E-state index in [1.807, 2.05) is 0 Å². The summed E-state index contributed by atoms with van der Waals surface area (Å²) < 4.78 is 6.58. The zero-order valence-corrected chi connectivity index (χ0v) is 15.6. The maximum atomic E-state index is 8.99. The first-order chi connectivity index (χ1) is 9.34. The molecule has 1 aromatic heterocycles. The summed E-state index contributed by atoms with van der Waals surface area (Å²) >= 11 is 1.75. The molecular weight excluding hydrogens is 284 g/mol. The van der Waals surface area contributed by atoms with Crippen LogP contribution in [0.15, 0.2) is 11.4 Å². The van der Waals surface area contributed by atoms with E-state index in [1.54, 1.807) is 11.3 Å². The Labute approximate surface area is 129 Å². The summed E-state index contributed by atoms with van der Waals surface area (Å²) in [4.78, 5) is 1.28. The highest BCUT2D eigenvalue weighted by Gasteiger charge is 2.44. The van der Waals surface area contributed by atoms with Crippen molar-refractivity contribution in [2.75, 3.05) is 6.61 Å². The van der Waals surface area contributed by atoms with Crippen LogP contribution in [0.1, 0.15) is 52.0 Å². The van der Waals surface area contributed by atoms with Crippen molar-refractivity contribution in [1.82, 2.24) is 0 Å². The minimum atomic E-state index is -1.76. The van der Waals surface area contributed by atoms with Crippen LogP contribution in [0.3, 0.4) is 0 Å². The van der Waals surface area contributed by atoms with Crippen LogP contribution in [0.2, 0.25) is 16.6 Å². The Morgan fingerprint density at radius 1 is 1.10 bits per heavy atom. The molecule has 0 aliphatic heterocycles. The van der Waals surface area contributed by atoms with Crippen molar-refractivity contribution < 1.29 is 9.53 Å². The maximum absolute atomic E-state index is 8.99. The van der Waals surface area contributed by atoms with Gasteiger partial charge in [0.05, 0.1) is 6.61 Å². The van der Waals surface area contributed by atoms with Crippen molar-refractivity contribution in [3.63, 3.8) is 0 Å². The predicted octanol–water partition coefficient (Wildman–Crippen LogP) is 4.98. The first kappa shape index (κ1) is 17.9. The lowest BCUT2D eigenvalue weighted by atomic mass is 10.2. The molecule has 0 spiro atoms. The Morgan fingerprint density at radius 3 is 2.10 bits per heavy atom. The van der Waals surface area contributed by atoms with Crippen LogP contribution in [0.5, 0.6) is 0 Å². The highest BCUT2D eigenvalue weighted by molar-refractivity contribution is 7.10. The van der Waals surface area contributed by atoms with E-state index in [4.69, 9.17) is 9.53 Å². The molecule has 0 amide bonds. The van der Waals surface area contributed by atoms with Gasteiger partial charge in [0.25, 0.3) is 0 Å². The third-order valence-electron chi connectivity index (χ3n) is 4.28. The zero-order valence-electron chi connectivity index (χ0n) is 13.8. The van der Waals surface area contributed by atoms with Crippen LogP contribution < -0.4 is 0 Å². The largest absolute Gasteiger partial charge is 0.411 e. The average Bonchev–Trinajstić information content (AvgIpc) is 2.76. The first-order valence-corrected chi connectivity index (χ1v) is 10.7. The highest BCUT2D eigenvalue weighted by Crippen LogP contribution is 2.42. The minimum absolute atomic E-state index is 0.222. The summed E-state index contributed by atoms with van der Waals surface area (Å²) in [5.41, 5.74) is 3.10. The molecule has 0 unspecified atom stereocenters. The fraction of sp³-hybridized carbons (Fsp3) is 0.750. The second-order valence-electron chi connectivity index (χ2n) is 6.50. The molecule has 0 saturated carbocycles. The van der Waals surface area contributed by atoms with E-state index in [-0.39, 0.29) is 6.61 Å². The molecule has 2 nitrogen and oxygen atoms in total. The van der Waals surface area contributed by atoms with E-state index < -0.39 is 8.32 Å². The number of aliphatic hydroxyl groups is 1. The van der Waals surface area contributed by atoms with Gasteiger partial charge in [-0.2, -0.15) is 0 Å². The molecule has 116 valence electrons. The summed E-state index contributed by atoms with van der Waals surface area (Å²) in [5, 5.41) is 11.1. The number of thiophene rings is 1. The molecule has 0 aliphatic carbocycles. The van der Waals surface area contributed by atoms with Crippen molar-refractivity contribution in [2.24, 2.45) is 0 Å². The van der Waals surface area contributed by atoms with Gasteiger partial charge < -0.3 is 9.53 Å². The Hall–Kier alpha value is -0.163. The topological polar surface area (TPSA) is 29.5 Å². The summed E-state index contributed by atoms with van der Waals surface area (Å²) in [6, 6.07) is 2.18. The summed E-state index contributed by atoms with van der Waals surface area (Å²) in [7, 11) is -1.76. The molecule has 0 radical (unpaired) electrons. The quantitative estimate of drug-likeness (QED) is 0.686. The Balaban J connectivity index is 2.80. The van der Waals surface area contributed by atoms with E-state index in [1.165, 1.54) is 10.4 Å². The van der Waals surface area contributed by atoms with Gasteiger partial charge in [0.15, 0.2) is 0 Å². The normalized spacial score (nSPS) is 12.9. The lowest BCUT2D eigenvalue weighted by Crippen LogP contribution is -2.47. The SMILES string of the molecule is CC(C)[Si](OCc1cc(CCO)cs1)(C(C)C)C(C)C. The monoisotopic (exact) mass is 314 g/mol. The molecule has 4 heteroatoms. The van der Waals surface area contributed by atoms with Gasteiger partial charge in [-0.3, -0.25) is 0 Å². The number of rotatable bonds is 8. The first-order valence-electron chi connectivity index (χ1n) is 7.65. The number of hydrogen-bond acceptors (Lipinski definition) is 3. The summed E-state index contributed by atoms with van der Waals surface area (Å²) in [6.45, 7) is 14.9. The molecule has 0 aliphatic rings. The molecule has 1 rings (SSSR count). The molecule has 1 heterocycles. The molecule has 0 bridgehead atoms. The lowest BCUT2D eigenvalue weighted by Gasteiger charge is -2.42. The fourth-order valence-electron chi connectivity index (χ4n) is 3.46. The second kappa shape index (κ2) is 7.73. The van der Waals surface area contributed by atoms with E-state index in [0.717, 1.165) is 13.0 Å². The van der Waals surface area contributed by atoms with Gasteiger partial charge in [0, 0.05) is 11.5 Å². The van der Waals surface area contributed by atoms with Crippen LogP contribution >= 0.6 is 11.3 Å². The van der Waals surface area contributed by atoms with E-state index in [0.29, 0.717) is 16.6 Å². The molecule has 0 saturated heterocycles. The molecular formula is C16H30O2SSi. The molecule has 0 aromatic carbocycles. The maximum Gasteiger partial charge on any atom is 0.200 e. The van der Waals surface area contributed by atoms with Gasteiger partial charge >= 0.3 is 0 Å².